The van der Waals surface area contributed by atoms with Crippen molar-refractivity contribution in [3.8, 4) is 5.75 Å². The summed E-state index contributed by atoms with van der Waals surface area (Å²) in [6.07, 6.45) is 1.36. The van der Waals surface area contributed by atoms with E-state index in [4.69, 9.17) is 4.74 Å². The van der Waals surface area contributed by atoms with Gasteiger partial charge in [0.1, 0.15) is 5.36 Å². The zero-order valence-electron chi connectivity index (χ0n) is 6.57. The van der Waals surface area contributed by atoms with Gasteiger partial charge in [-0.3, -0.25) is 0 Å². The highest BCUT2D eigenvalue weighted by Crippen LogP contribution is 2.05. The van der Waals surface area contributed by atoms with Crippen molar-refractivity contribution in [1.82, 2.24) is 0 Å². The smallest absolute Gasteiger partial charge is 0.406 e. The zero-order chi connectivity index (χ0) is 8.55. The fourth-order valence-electron chi connectivity index (χ4n) is 1.18. The molecule has 1 aromatic rings. The Labute approximate surface area is 69.0 Å². The first-order chi connectivity index (χ1) is 5.81. The summed E-state index contributed by atoms with van der Waals surface area (Å²) in [6, 6.07) is 5.46. The van der Waals surface area contributed by atoms with Crippen LogP contribution in [-0.2, 0) is 0 Å². The summed E-state index contributed by atoms with van der Waals surface area (Å²) in [5.74, 6) is 0.551. The van der Waals surface area contributed by atoms with Crippen LogP contribution in [0.5, 0.6) is 5.75 Å². The predicted octanol–water partition coefficient (Wildman–Crippen LogP) is 0.619. The van der Waals surface area contributed by atoms with Gasteiger partial charge in [0.2, 0.25) is 0 Å². The van der Waals surface area contributed by atoms with Crippen molar-refractivity contribution in [2.24, 2.45) is 4.99 Å². The number of rotatable bonds is 0. The maximum absolute atomic E-state index is 10.8. The quantitative estimate of drug-likeness (QED) is 0.559. The normalized spacial score (nSPS) is 15.4. The molecule has 3 heteroatoms. The summed E-state index contributed by atoms with van der Waals surface area (Å²) in [7, 11) is 0. The summed E-state index contributed by atoms with van der Waals surface area (Å²) in [5, 5.41) is 1.57. The van der Waals surface area contributed by atoms with E-state index in [0.29, 0.717) is 11.1 Å². The number of ether oxygens (including phenoxy) is 1. The molecular weight excluding hydrogens is 154 g/mol. The monoisotopic (exact) mass is 161 g/mol. The van der Waals surface area contributed by atoms with E-state index in [-0.39, 0.29) is 0 Å². The number of benzene rings is 1. The molecule has 0 atom stereocenters. The third-order valence-corrected chi connectivity index (χ3v) is 1.74. The van der Waals surface area contributed by atoms with Crippen molar-refractivity contribution in [2.75, 3.05) is 0 Å². The minimum atomic E-state index is -0.528. The van der Waals surface area contributed by atoms with Crippen LogP contribution in [0.15, 0.2) is 23.2 Å². The van der Waals surface area contributed by atoms with Gasteiger partial charge in [-0.1, -0.05) is 18.2 Å². The highest BCUT2D eigenvalue weighted by molar-refractivity contribution is 5.74. The van der Waals surface area contributed by atoms with E-state index in [1.165, 1.54) is 0 Å². The predicted molar refractivity (Wildman–Crippen MR) is 43.4 cm³/mol. The molecule has 0 fully saturated rings. The van der Waals surface area contributed by atoms with Gasteiger partial charge in [-0.05, 0) is 18.2 Å². The maximum atomic E-state index is 10.8. The average molecular weight is 161 g/mol. The first-order valence-corrected chi connectivity index (χ1v) is 3.67. The lowest BCUT2D eigenvalue weighted by atomic mass is 10.2. The highest BCUT2D eigenvalue weighted by atomic mass is 16.6. The topological polar surface area (TPSA) is 38.7 Å². The molecule has 1 heterocycles. The minimum absolute atomic E-state index is 0.528. The largest absolute Gasteiger partial charge is 0.439 e. The van der Waals surface area contributed by atoms with Gasteiger partial charge < -0.3 is 4.74 Å². The number of nitrogens with zero attached hydrogens (tertiary/aromatic N) is 1. The van der Waals surface area contributed by atoms with Crippen LogP contribution in [-0.4, -0.2) is 6.09 Å². The van der Waals surface area contributed by atoms with E-state index in [1.54, 1.807) is 6.07 Å². The first kappa shape index (κ1) is 7.03. The second kappa shape index (κ2) is 2.44. The summed E-state index contributed by atoms with van der Waals surface area (Å²) < 4.78 is 4.82. The van der Waals surface area contributed by atoms with Crippen LogP contribution in [0.25, 0.3) is 6.08 Å². The Morgan fingerprint density at radius 2 is 2.33 bits per heavy atom. The molecule has 1 amide bonds. The van der Waals surface area contributed by atoms with Crippen LogP contribution in [0.4, 0.5) is 4.79 Å². The van der Waals surface area contributed by atoms with Gasteiger partial charge in [0.15, 0.2) is 5.75 Å². The van der Waals surface area contributed by atoms with Crippen molar-refractivity contribution in [1.29, 1.82) is 0 Å². The summed E-state index contributed by atoms with van der Waals surface area (Å²) in [5.41, 5.74) is 0. The van der Waals surface area contributed by atoms with Crippen molar-refractivity contribution in [3.05, 3.63) is 28.8 Å². The van der Waals surface area contributed by atoms with Crippen LogP contribution >= 0.6 is 0 Å². The molecule has 0 aromatic heterocycles. The molecule has 3 nitrogen and oxygen atoms in total. The molecule has 1 aliphatic heterocycles. The minimum Gasteiger partial charge on any atom is -0.406 e. The third kappa shape index (κ3) is 0.906. The summed E-state index contributed by atoms with van der Waals surface area (Å²) in [6.45, 7) is 1.90. The van der Waals surface area contributed by atoms with Crippen LogP contribution in [0.3, 0.4) is 0 Å². The Morgan fingerprint density at radius 3 is 3.08 bits per heavy atom. The Morgan fingerprint density at radius 1 is 1.50 bits per heavy atom. The SMILES string of the molecule is CC=c1cccc2c1=NC(=O)O2. The van der Waals surface area contributed by atoms with Gasteiger partial charge in [-0.25, -0.2) is 4.79 Å². The zero-order valence-corrected chi connectivity index (χ0v) is 6.57. The number of carbonyl (C=O) groups is 1. The van der Waals surface area contributed by atoms with E-state index in [1.807, 2.05) is 25.1 Å². The average Bonchev–Trinajstić information content (AvgIpc) is 2.44. The van der Waals surface area contributed by atoms with Gasteiger partial charge in [-0.2, -0.15) is 4.99 Å². The Bertz CT molecular complexity index is 448. The molecule has 0 saturated carbocycles. The molecule has 0 bridgehead atoms. The molecule has 0 saturated heterocycles. The number of fused-ring (bicyclic) bond motifs is 1. The standard InChI is InChI=1S/C9H7NO2/c1-2-6-4-3-5-7-8(6)10-9(11)12-7/h2-5H,1H3. The van der Waals surface area contributed by atoms with Gasteiger partial charge >= 0.3 is 6.09 Å². The van der Waals surface area contributed by atoms with E-state index in [2.05, 4.69) is 4.99 Å². The van der Waals surface area contributed by atoms with E-state index in [0.717, 1.165) is 5.22 Å². The fourth-order valence-corrected chi connectivity index (χ4v) is 1.18. The molecule has 12 heavy (non-hydrogen) atoms. The van der Waals surface area contributed by atoms with Gasteiger partial charge in [0, 0.05) is 0 Å². The van der Waals surface area contributed by atoms with Crippen LogP contribution in [0.1, 0.15) is 6.92 Å². The number of hydrogen-bond donors (Lipinski definition) is 0. The van der Waals surface area contributed by atoms with E-state index < -0.39 is 6.09 Å². The lowest BCUT2D eigenvalue weighted by Crippen LogP contribution is -2.22. The van der Waals surface area contributed by atoms with Gasteiger partial charge in [-0.15, -0.1) is 0 Å². The van der Waals surface area contributed by atoms with Gasteiger partial charge in [0.05, 0.1) is 0 Å². The number of hydrogen-bond acceptors (Lipinski definition) is 2. The molecular formula is C9H7NO2. The Balaban J connectivity index is 2.87. The molecule has 0 unspecified atom stereocenters. The lowest BCUT2D eigenvalue weighted by Gasteiger charge is -1.90. The maximum Gasteiger partial charge on any atom is 0.439 e. The van der Waals surface area contributed by atoms with Crippen LogP contribution in [0, 0.1) is 0 Å². The van der Waals surface area contributed by atoms with Crippen LogP contribution < -0.4 is 15.3 Å². The van der Waals surface area contributed by atoms with Crippen molar-refractivity contribution in [3.63, 3.8) is 0 Å². The van der Waals surface area contributed by atoms with E-state index >= 15 is 0 Å². The third-order valence-electron chi connectivity index (χ3n) is 1.74. The van der Waals surface area contributed by atoms with Crippen molar-refractivity contribution < 1.29 is 9.53 Å². The number of carbonyl (C=O) groups excluding carboxylic acids is 1. The second-order valence-corrected chi connectivity index (χ2v) is 2.46. The number of para-hydroxylation sites is 1. The second-order valence-electron chi connectivity index (χ2n) is 2.46. The molecule has 0 aliphatic carbocycles. The van der Waals surface area contributed by atoms with Crippen molar-refractivity contribution in [2.45, 2.75) is 6.92 Å². The molecule has 0 radical (unpaired) electrons. The number of amides is 1. The molecule has 1 aliphatic rings. The molecule has 0 N–H and O–H groups in total. The highest BCUT2D eigenvalue weighted by Gasteiger charge is 2.12. The van der Waals surface area contributed by atoms with Crippen LogP contribution in [0.2, 0.25) is 0 Å². The van der Waals surface area contributed by atoms with Gasteiger partial charge in [0.25, 0.3) is 0 Å². The fraction of sp³-hybridized carbons (Fsp3) is 0.111. The summed E-state index contributed by atoms with van der Waals surface area (Å²) >= 11 is 0. The summed E-state index contributed by atoms with van der Waals surface area (Å²) in [4.78, 5) is 14.5. The Hall–Kier alpha value is -1.64. The molecule has 2 rings (SSSR count). The van der Waals surface area contributed by atoms with Crippen molar-refractivity contribution >= 4 is 12.2 Å². The molecule has 0 spiro atoms. The first-order valence-electron chi connectivity index (χ1n) is 3.67. The van der Waals surface area contributed by atoms with E-state index in [9.17, 15) is 4.79 Å². The molecule has 1 aromatic carbocycles. The molecule has 60 valence electrons. The lowest BCUT2D eigenvalue weighted by molar-refractivity contribution is 0.215. The Kier molecular flexibility index (Phi) is 1.43.